The summed E-state index contributed by atoms with van der Waals surface area (Å²) in [5, 5.41) is 0. The van der Waals surface area contributed by atoms with Gasteiger partial charge in [-0.1, -0.05) is 30.3 Å². The molecule has 4 heteroatoms. The van der Waals surface area contributed by atoms with Gasteiger partial charge in [-0.2, -0.15) is 0 Å². The topological polar surface area (TPSA) is 53.7 Å². The molecule has 2 aromatic rings. The summed E-state index contributed by atoms with van der Waals surface area (Å²) >= 11 is 0. The molecule has 0 heterocycles. The van der Waals surface area contributed by atoms with Gasteiger partial charge in [0.2, 0.25) is 0 Å². The van der Waals surface area contributed by atoms with Crippen molar-refractivity contribution in [2.45, 2.75) is 6.61 Å². The van der Waals surface area contributed by atoms with E-state index in [1.807, 2.05) is 30.3 Å². The van der Waals surface area contributed by atoms with Gasteiger partial charge in [-0.15, -0.1) is 0 Å². The minimum absolute atomic E-state index is 0.451. The number of hydrogen-bond acceptors (Lipinski definition) is 4. The summed E-state index contributed by atoms with van der Waals surface area (Å²) in [6.07, 6.45) is 0. The molecule has 0 unspecified atom stereocenters. The van der Waals surface area contributed by atoms with Crippen LogP contribution in [0.1, 0.15) is 5.56 Å². The second-order valence-electron chi connectivity index (χ2n) is 4.30. The highest BCUT2D eigenvalue weighted by atomic mass is 16.5. The molecule has 0 atom stereocenters. The van der Waals surface area contributed by atoms with Gasteiger partial charge < -0.3 is 19.9 Å². The van der Waals surface area contributed by atoms with Crippen LogP contribution in [0.5, 0.6) is 11.5 Å². The maximum absolute atomic E-state index is 5.72. The molecule has 0 bridgehead atoms. The lowest BCUT2D eigenvalue weighted by Gasteiger charge is -2.11. The lowest BCUT2D eigenvalue weighted by atomic mass is 10.2. The van der Waals surface area contributed by atoms with E-state index in [-0.39, 0.29) is 0 Å². The summed E-state index contributed by atoms with van der Waals surface area (Å²) in [6.45, 7) is 1.54. The minimum Gasteiger partial charge on any atom is -0.493 e. The van der Waals surface area contributed by atoms with Crippen LogP contribution in [0.15, 0.2) is 48.5 Å². The Hall–Kier alpha value is -2.20. The summed E-state index contributed by atoms with van der Waals surface area (Å²) in [4.78, 5) is 0. The van der Waals surface area contributed by atoms with E-state index >= 15 is 0 Å². The number of rotatable bonds is 7. The third kappa shape index (κ3) is 4.17. The van der Waals surface area contributed by atoms with Crippen molar-refractivity contribution in [2.24, 2.45) is 0 Å². The van der Waals surface area contributed by atoms with Crippen LogP contribution in [0.4, 0.5) is 5.69 Å². The largest absolute Gasteiger partial charge is 0.493 e. The van der Waals surface area contributed by atoms with Crippen LogP contribution >= 0.6 is 0 Å². The van der Waals surface area contributed by atoms with E-state index in [9.17, 15) is 0 Å². The molecule has 0 aliphatic rings. The van der Waals surface area contributed by atoms with E-state index < -0.39 is 0 Å². The van der Waals surface area contributed by atoms with E-state index in [1.165, 1.54) is 0 Å². The van der Waals surface area contributed by atoms with E-state index in [1.54, 1.807) is 25.3 Å². The molecule has 2 N–H and O–H groups in total. The van der Waals surface area contributed by atoms with E-state index in [2.05, 4.69) is 0 Å². The number of nitrogen functional groups attached to an aromatic ring is 1. The Morgan fingerprint density at radius 3 is 2.50 bits per heavy atom. The maximum Gasteiger partial charge on any atom is 0.163 e. The molecular weight excluding hydrogens is 254 g/mol. The molecule has 0 aliphatic carbocycles. The average Bonchev–Trinajstić information content (AvgIpc) is 2.48. The lowest BCUT2D eigenvalue weighted by Crippen LogP contribution is -2.07. The zero-order valence-corrected chi connectivity index (χ0v) is 11.5. The van der Waals surface area contributed by atoms with Crippen LogP contribution in [-0.2, 0) is 11.3 Å². The minimum atomic E-state index is 0.451. The molecule has 0 amide bonds. The van der Waals surface area contributed by atoms with Gasteiger partial charge in [0, 0.05) is 11.8 Å². The van der Waals surface area contributed by atoms with Crippen molar-refractivity contribution in [3.05, 3.63) is 54.1 Å². The lowest BCUT2D eigenvalue weighted by molar-refractivity contribution is 0.0880. The second kappa shape index (κ2) is 7.40. The van der Waals surface area contributed by atoms with E-state index in [4.69, 9.17) is 19.9 Å². The van der Waals surface area contributed by atoms with Gasteiger partial charge in [0.1, 0.15) is 6.61 Å². The molecule has 0 spiro atoms. The highest BCUT2D eigenvalue weighted by Gasteiger charge is 2.04. The third-order valence-electron chi connectivity index (χ3n) is 2.78. The summed E-state index contributed by atoms with van der Waals surface area (Å²) in [5.41, 5.74) is 7.51. The molecule has 0 radical (unpaired) electrons. The molecule has 0 saturated heterocycles. The van der Waals surface area contributed by atoms with Crippen LogP contribution in [0, 0.1) is 0 Å². The quantitative estimate of drug-likeness (QED) is 0.622. The standard InChI is InChI=1S/C16H19NO3/c1-18-15-8-7-14(17)11-16(15)20-10-9-19-12-13-5-3-2-4-6-13/h2-8,11H,9-10,12,17H2,1H3. The van der Waals surface area contributed by atoms with Gasteiger partial charge in [0.15, 0.2) is 11.5 Å². The number of benzene rings is 2. The van der Waals surface area contributed by atoms with Crippen molar-refractivity contribution in [3.63, 3.8) is 0 Å². The fourth-order valence-corrected chi connectivity index (χ4v) is 1.78. The van der Waals surface area contributed by atoms with E-state index in [0.717, 1.165) is 5.56 Å². The third-order valence-corrected chi connectivity index (χ3v) is 2.78. The van der Waals surface area contributed by atoms with Gasteiger partial charge >= 0.3 is 0 Å². The van der Waals surface area contributed by atoms with Crippen LogP contribution in [0.3, 0.4) is 0 Å². The Bertz CT molecular complexity index is 529. The first kappa shape index (κ1) is 14.2. The zero-order valence-electron chi connectivity index (χ0n) is 11.5. The molecule has 0 aliphatic heterocycles. The molecule has 2 aromatic carbocycles. The van der Waals surface area contributed by atoms with Crippen LogP contribution in [0.2, 0.25) is 0 Å². The summed E-state index contributed by atoms with van der Waals surface area (Å²) in [6, 6.07) is 15.3. The molecular formula is C16H19NO3. The Morgan fingerprint density at radius 1 is 0.950 bits per heavy atom. The molecule has 2 rings (SSSR count). The fourth-order valence-electron chi connectivity index (χ4n) is 1.78. The Kier molecular flexibility index (Phi) is 5.26. The van der Waals surface area contributed by atoms with Crippen molar-refractivity contribution in [2.75, 3.05) is 26.1 Å². The number of nitrogens with two attached hydrogens (primary N) is 1. The number of hydrogen-bond donors (Lipinski definition) is 1. The van der Waals surface area contributed by atoms with Crippen molar-refractivity contribution in [3.8, 4) is 11.5 Å². The second-order valence-corrected chi connectivity index (χ2v) is 4.30. The van der Waals surface area contributed by atoms with Crippen LogP contribution < -0.4 is 15.2 Å². The van der Waals surface area contributed by atoms with Crippen molar-refractivity contribution in [1.82, 2.24) is 0 Å². The normalized spacial score (nSPS) is 10.2. The first-order valence-corrected chi connectivity index (χ1v) is 6.47. The molecule has 0 saturated carbocycles. The molecule has 4 nitrogen and oxygen atoms in total. The predicted molar refractivity (Wildman–Crippen MR) is 79.0 cm³/mol. The van der Waals surface area contributed by atoms with Gasteiger partial charge in [-0.25, -0.2) is 0 Å². The van der Waals surface area contributed by atoms with Crippen LogP contribution in [-0.4, -0.2) is 20.3 Å². The van der Waals surface area contributed by atoms with Crippen molar-refractivity contribution in [1.29, 1.82) is 0 Å². The number of methoxy groups -OCH3 is 1. The number of anilines is 1. The SMILES string of the molecule is COc1ccc(N)cc1OCCOCc1ccccc1. The first-order chi connectivity index (χ1) is 9.79. The fraction of sp³-hybridized carbons (Fsp3) is 0.250. The molecule has 106 valence electrons. The average molecular weight is 273 g/mol. The predicted octanol–water partition coefficient (Wildman–Crippen LogP) is 2.87. The zero-order chi connectivity index (χ0) is 14.2. The smallest absolute Gasteiger partial charge is 0.163 e. The van der Waals surface area contributed by atoms with Gasteiger partial charge in [-0.05, 0) is 17.7 Å². The highest BCUT2D eigenvalue weighted by molar-refractivity contribution is 5.51. The van der Waals surface area contributed by atoms with Gasteiger partial charge in [0.25, 0.3) is 0 Å². The summed E-state index contributed by atoms with van der Waals surface area (Å²) < 4.78 is 16.4. The first-order valence-electron chi connectivity index (χ1n) is 6.47. The highest BCUT2D eigenvalue weighted by Crippen LogP contribution is 2.28. The Labute approximate surface area is 119 Å². The summed E-state index contributed by atoms with van der Waals surface area (Å²) in [7, 11) is 1.60. The molecule has 20 heavy (non-hydrogen) atoms. The van der Waals surface area contributed by atoms with Gasteiger partial charge in [0.05, 0.1) is 20.3 Å². The Morgan fingerprint density at radius 2 is 1.75 bits per heavy atom. The Balaban J connectivity index is 1.75. The van der Waals surface area contributed by atoms with Crippen molar-refractivity contribution < 1.29 is 14.2 Å². The monoisotopic (exact) mass is 273 g/mol. The van der Waals surface area contributed by atoms with Crippen molar-refractivity contribution >= 4 is 5.69 Å². The molecule has 0 aromatic heterocycles. The molecule has 0 fully saturated rings. The van der Waals surface area contributed by atoms with E-state index in [0.29, 0.717) is 37.0 Å². The summed E-state index contributed by atoms with van der Waals surface area (Å²) in [5.74, 6) is 1.30. The number of ether oxygens (including phenoxy) is 3. The van der Waals surface area contributed by atoms with Crippen LogP contribution in [0.25, 0.3) is 0 Å². The maximum atomic E-state index is 5.72. The van der Waals surface area contributed by atoms with Gasteiger partial charge in [-0.3, -0.25) is 0 Å².